The molecular weight excluding hydrogens is 429 g/mol. The summed E-state index contributed by atoms with van der Waals surface area (Å²) in [4.78, 5) is -0.0534. The lowest BCUT2D eigenvalue weighted by Crippen LogP contribution is -2.30. The van der Waals surface area contributed by atoms with Crippen molar-refractivity contribution in [2.24, 2.45) is 0 Å². The SMILES string of the molecule is O=S(=O)(c1ccc(F)cc1)N(Cc1nnc(-c2cccc(Cl)c2)o1)c1ccccc1. The molecule has 4 rings (SSSR count). The normalized spacial score (nSPS) is 11.4. The first-order valence-corrected chi connectivity index (χ1v) is 10.7. The van der Waals surface area contributed by atoms with Crippen LogP contribution in [-0.2, 0) is 16.6 Å². The standard InChI is InChI=1S/C21H15ClFN3O3S/c22-16-6-4-5-15(13-16)21-25-24-20(29-21)14-26(18-7-2-1-3-8-18)30(27,28)19-11-9-17(23)10-12-19/h1-13H,14H2. The Labute approximate surface area is 177 Å². The zero-order chi connectivity index (χ0) is 21.1. The van der Waals surface area contributed by atoms with Crippen LogP contribution in [0.3, 0.4) is 0 Å². The van der Waals surface area contributed by atoms with Crippen LogP contribution in [0.15, 0.2) is 88.2 Å². The lowest BCUT2D eigenvalue weighted by Gasteiger charge is -2.23. The molecule has 152 valence electrons. The van der Waals surface area contributed by atoms with Crippen molar-refractivity contribution < 1.29 is 17.2 Å². The van der Waals surface area contributed by atoms with Gasteiger partial charge in [-0.15, -0.1) is 10.2 Å². The summed E-state index contributed by atoms with van der Waals surface area (Å²) in [6.07, 6.45) is 0. The van der Waals surface area contributed by atoms with E-state index in [0.717, 1.165) is 16.4 Å². The second kappa shape index (κ2) is 8.25. The topological polar surface area (TPSA) is 76.3 Å². The van der Waals surface area contributed by atoms with E-state index in [4.69, 9.17) is 16.0 Å². The molecule has 0 unspecified atom stereocenters. The van der Waals surface area contributed by atoms with Crippen LogP contribution in [0.1, 0.15) is 5.89 Å². The van der Waals surface area contributed by atoms with Gasteiger partial charge in [-0.1, -0.05) is 35.9 Å². The van der Waals surface area contributed by atoms with Crippen LogP contribution in [0.25, 0.3) is 11.5 Å². The summed E-state index contributed by atoms with van der Waals surface area (Å²) >= 11 is 6.00. The molecule has 0 saturated carbocycles. The van der Waals surface area contributed by atoms with E-state index in [0.29, 0.717) is 16.3 Å². The second-order valence-corrected chi connectivity index (χ2v) is 8.61. The number of benzene rings is 3. The predicted molar refractivity (Wildman–Crippen MR) is 111 cm³/mol. The number of anilines is 1. The van der Waals surface area contributed by atoms with Gasteiger partial charge in [0.25, 0.3) is 10.0 Å². The van der Waals surface area contributed by atoms with E-state index < -0.39 is 15.8 Å². The van der Waals surface area contributed by atoms with Crippen LogP contribution in [0.4, 0.5) is 10.1 Å². The van der Waals surface area contributed by atoms with E-state index in [-0.39, 0.29) is 23.2 Å². The van der Waals surface area contributed by atoms with Crippen LogP contribution < -0.4 is 4.31 Å². The van der Waals surface area contributed by atoms with Crippen LogP contribution in [-0.4, -0.2) is 18.6 Å². The van der Waals surface area contributed by atoms with Gasteiger partial charge in [-0.2, -0.15) is 0 Å². The van der Waals surface area contributed by atoms with Crippen molar-refractivity contribution in [2.75, 3.05) is 4.31 Å². The number of hydrogen-bond donors (Lipinski definition) is 0. The molecule has 0 aliphatic heterocycles. The fourth-order valence-corrected chi connectivity index (χ4v) is 4.43. The number of halogens is 2. The van der Waals surface area contributed by atoms with Gasteiger partial charge < -0.3 is 4.42 Å². The number of sulfonamides is 1. The molecule has 30 heavy (non-hydrogen) atoms. The minimum absolute atomic E-state index is 0.0534. The average Bonchev–Trinajstić information content (AvgIpc) is 3.22. The van der Waals surface area contributed by atoms with Gasteiger partial charge in [-0.05, 0) is 54.6 Å². The Morgan fingerprint density at radius 2 is 1.67 bits per heavy atom. The summed E-state index contributed by atoms with van der Waals surface area (Å²) in [7, 11) is -4.01. The molecule has 4 aromatic rings. The number of nitrogens with zero attached hydrogens (tertiary/aromatic N) is 3. The van der Waals surface area contributed by atoms with Gasteiger partial charge in [0, 0.05) is 10.6 Å². The third kappa shape index (κ3) is 4.19. The van der Waals surface area contributed by atoms with E-state index in [2.05, 4.69) is 10.2 Å². The Morgan fingerprint density at radius 3 is 2.37 bits per heavy atom. The Balaban J connectivity index is 1.71. The van der Waals surface area contributed by atoms with Crippen LogP contribution in [0.5, 0.6) is 0 Å². The summed E-state index contributed by atoms with van der Waals surface area (Å²) < 4.78 is 46.6. The zero-order valence-electron chi connectivity index (χ0n) is 15.4. The van der Waals surface area contributed by atoms with Crippen molar-refractivity contribution >= 4 is 27.3 Å². The summed E-state index contributed by atoms with van der Waals surface area (Å²) in [6.45, 7) is -0.197. The largest absolute Gasteiger partial charge is 0.419 e. The van der Waals surface area contributed by atoms with Crippen molar-refractivity contribution in [3.05, 3.63) is 95.6 Å². The van der Waals surface area contributed by atoms with Gasteiger partial charge in [-0.3, -0.25) is 4.31 Å². The minimum Gasteiger partial charge on any atom is -0.419 e. The molecular formula is C21H15ClFN3O3S. The maximum absolute atomic E-state index is 13.3. The molecule has 0 spiro atoms. The molecule has 9 heteroatoms. The Morgan fingerprint density at radius 1 is 0.933 bits per heavy atom. The highest BCUT2D eigenvalue weighted by molar-refractivity contribution is 7.92. The van der Waals surface area contributed by atoms with E-state index >= 15 is 0 Å². The average molecular weight is 444 g/mol. The van der Waals surface area contributed by atoms with Gasteiger partial charge in [0.1, 0.15) is 12.4 Å². The molecule has 6 nitrogen and oxygen atoms in total. The molecule has 0 aliphatic rings. The molecule has 0 amide bonds. The molecule has 0 saturated heterocycles. The molecule has 0 N–H and O–H groups in total. The fraction of sp³-hybridized carbons (Fsp3) is 0.0476. The molecule has 0 radical (unpaired) electrons. The molecule has 0 aliphatic carbocycles. The minimum atomic E-state index is -4.01. The van der Waals surface area contributed by atoms with Gasteiger partial charge in [0.15, 0.2) is 0 Å². The van der Waals surface area contributed by atoms with Crippen molar-refractivity contribution in [1.82, 2.24) is 10.2 Å². The number of para-hydroxylation sites is 1. The number of aromatic nitrogens is 2. The van der Waals surface area contributed by atoms with Crippen molar-refractivity contribution in [3.63, 3.8) is 0 Å². The second-order valence-electron chi connectivity index (χ2n) is 6.31. The van der Waals surface area contributed by atoms with Crippen molar-refractivity contribution in [3.8, 4) is 11.5 Å². The highest BCUT2D eigenvalue weighted by Gasteiger charge is 2.27. The van der Waals surface area contributed by atoms with E-state index in [1.54, 1.807) is 54.6 Å². The smallest absolute Gasteiger partial charge is 0.264 e. The van der Waals surface area contributed by atoms with E-state index in [9.17, 15) is 12.8 Å². The van der Waals surface area contributed by atoms with Gasteiger partial charge in [0.2, 0.25) is 11.8 Å². The number of rotatable bonds is 6. The molecule has 0 atom stereocenters. The maximum atomic E-state index is 13.3. The third-order valence-corrected chi connectivity index (χ3v) is 6.29. The first kappa shape index (κ1) is 20.1. The summed E-state index contributed by atoms with van der Waals surface area (Å²) in [5.74, 6) is -0.206. The van der Waals surface area contributed by atoms with Crippen LogP contribution in [0, 0.1) is 5.82 Å². The predicted octanol–water partition coefficient (Wildman–Crippen LogP) is 4.92. The Kier molecular flexibility index (Phi) is 5.52. The lowest BCUT2D eigenvalue weighted by atomic mass is 10.2. The van der Waals surface area contributed by atoms with Crippen LogP contribution >= 0.6 is 11.6 Å². The fourth-order valence-electron chi connectivity index (χ4n) is 2.82. The van der Waals surface area contributed by atoms with Crippen molar-refractivity contribution in [1.29, 1.82) is 0 Å². The Hall–Kier alpha value is -3.23. The molecule has 1 aromatic heterocycles. The molecule has 0 fully saturated rings. The highest BCUT2D eigenvalue weighted by atomic mass is 35.5. The highest BCUT2D eigenvalue weighted by Crippen LogP contribution is 2.27. The quantitative estimate of drug-likeness (QED) is 0.422. The molecule has 0 bridgehead atoms. The van der Waals surface area contributed by atoms with Gasteiger partial charge in [-0.25, -0.2) is 12.8 Å². The Bertz CT molecular complexity index is 1260. The third-order valence-electron chi connectivity index (χ3n) is 4.26. The van der Waals surface area contributed by atoms with E-state index in [1.165, 1.54) is 12.1 Å². The number of hydrogen-bond acceptors (Lipinski definition) is 5. The lowest BCUT2D eigenvalue weighted by molar-refractivity contribution is 0.505. The molecule has 3 aromatic carbocycles. The maximum Gasteiger partial charge on any atom is 0.264 e. The van der Waals surface area contributed by atoms with Gasteiger partial charge >= 0.3 is 0 Å². The molecule has 1 heterocycles. The first-order chi connectivity index (χ1) is 14.4. The zero-order valence-corrected chi connectivity index (χ0v) is 17.0. The first-order valence-electron chi connectivity index (χ1n) is 8.85. The van der Waals surface area contributed by atoms with E-state index in [1.807, 2.05) is 0 Å². The summed E-state index contributed by atoms with van der Waals surface area (Å²) in [5, 5.41) is 8.49. The summed E-state index contributed by atoms with van der Waals surface area (Å²) in [5.41, 5.74) is 1.03. The van der Waals surface area contributed by atoms with Gasteiger partial charge in [0.05, 0.1) is 10.6 Å². The summed E-state index contributed by atoms with van der Waals surface area (Å²) in [6, 6.07) is 20.0. The van der Waals surface area contributed by atoms with Crippen LogP contribution in [0.2, 0.25) is 5.02 Å². The van der Waals surface area contributed by atoms with Crippen molar-refractivity contribution in [2.45, 2.75) is 11.4 Å². The monoisotopic (exact) mass is 443 g/mol.